The molecule has 0 bridgehead atoms. The Labute approximate surface area is 178 Å². The fourth-order valence-corrected chi connectivity index (χ4v) is 3.65. The second-order valence-electron chi connectivity index (χ2n) is 6.11. The number of methoxy groups -OCH3 is 1. The first-order chi connectivity index (χ1) is 13.1. The van der Waals surface area contributed by atoms with Crippen molar-refractivity contribution in [2.75, 3.05) is 13.7 Å². The minimum absolute atomic E-state index is 0.252. The fraction of sp³-hybridized carbons (Fsp3) is 0.600. The molecule has 0 atom stereocenters. The van der Waals surface area contributed by atoms with Gasteiger partial charge in [0.05, 0.1) is 0 Å². The summed E-state index contributed by atoms with van der Waals surface area (Å²) in [5.41, 5.74) is 3.23. The molecule has 2 heteroatoms. The van der Waals surface area contributed by atoms with Crippen LogP contribution in [0.5, 0.6) is 0 Å². The minimum Gasteiger partial charge on any atom is -0.385 e. The lowest BCUT2D eigenvalue weighted by Crippen LogP contribution is -2.30. The van der Waals surface area contributed by atoms with E-state index in [1.807, 2.05) is 34.6 Å². The number of benzene rings is 1. The highest BCUT2D eigenvalue weighted by molar-refractivity contribution is 9.10. The molecule has 0 N–H and O–H groups in total. The van der Waals surface area contributed by atoms with Crippen LogP contribution in [0.2, 0.25) is 0 Å². The molecule has 1 aliphatic carbocycles. The highest BCUT2D eigenvalue weighted by atomic mass is 79.9. The van der Waals surface area contributed by atoms with Gasteiger partial charge in [-0.3, -0.25) is 0 Å². The van der Waals surface area contributed by atoms with Crippen LogP contribution in [0, 0.1) is 0 Å². The third kappa shape index (κ3) is 10.3. The van der Waals surface area contributed by atoms with Crippen molar-refractivity contribution >= 4 is 15.9 Å². The third-order valence-corrected chi connectivity index (χ3v) is 5.16. The number of allylic oxidation sites excluding steroid dienone is 4. The maximum Gasteiger partial charge on any atom is 0.0433 e. The van der Waals surface area contributed by atoms with Gasteiger partial charge in [0, 0.05) is 23.6 Å². The van der Waals surface area contributed by atoms with Gasteiger partial charge in [-0.25, -0.2) is 0 Å². The molecule has 0 radical (unpaired) electrons. The van der Waals surface area contributed by atoms with E-state index < -0.39 is 0 Å². The molecule has 0 spiro atoms. The zero-order valence-electron chi connectivity index (χ0n) is 19.1. The zero-order valence-corrected chi connectivity index (χ0v) is 20.7. The molecule has 0 amide bonds. The molecule has 1 aliphatic rings. The van der Waals surface area contributed by atoms with Crippen molar-refractivity contribution in [3.8, 4) is 0 Å². The predicted molar refractivity (Wildman–Crippen MR) is 128 cm³/mol. The van der Waals surface area contributed by atoms with Gasteiger partial charge >= 0.3 is 0 Å². The minimum atomic E-state index is 0.252. The van der Waals surface area contributed by atoms with Crippen LogP contribution in [0.4, 0.5) is 0 Å². The summed E-state index contributed by atoms with van der Waals surface area (Å²) in [5.74, 6) is 0. The molecule has 0 aromatic heterocycles. The number of hydrogen-bond donors (Lipinski definition) is 0. The Hall–Kier alpha value is -0.860. The second-order valence-corrected chi connectivity index (χ2v) is 7.02. The van der Waals surface area contributed by atoms with Gasteiger partial charge in [0.15, 0.2) is 0 Å². The van der Waals surface area contributed by atoms with Crippen LogP contribution in [0.15, 0.2) is 52.5 Å². The van der Waals surface area contributed by atoms with Crippen LogP contribution in [0.25, 0.3) is 0 Å². The Morgan fingerprint density at radius 1 is 1.11 bits per heavy atom. The van der Waals surface area contributed by atoms with E-state index in [9.17, 15) is 0 Å². The maximum atomic E-state index is 4.54. The van der Waals surface area contributed by atoms with Crippen LogP contribution < -0.4 is 0 Å². The summed E-state index contributed by atoms with van der Waals surface area (Å²) in [7, 11) is 1.68. The Balaban J connectivity index is 0. The van der Waals surface area contributed by atoms with Gasteiger partial charge in [0.25, 0.3) is 0 Å². The second kappa shape index (κ2) is 18.5. The average molecular weight is 440 g/mol. The van der Waals surface area contributed by atoms with Gasteiger partial charge < -0.3 is 4.74 Å². The van der Waals surface area contributed by atoms with E-state index in [0.29, 0.717) is 0 Å². The van der Waals surface area contributed by atoms with Crippen LogP contribution in [0.3, 0.4) is 0 Å². The Bertz CT molecular complexity index is 509. The summed E-state index contributed by atoms with van der Waals surface area (Å²) >= 11 is 3.62. The van der Waals surface area contributed by atoms with Crippen LogP contribution in [0.1, 0.15) is 86.1 Å². The predicted octanol–water partition coefficient (Wildman–Crippen LogP) is 8.88. The van der Waals surface area contributed by atoms with E-state index in [-0.39, 0.29) is 5.41 Å². The van der Waals surface area contributed by atoms with Gasteiger partial charge in [-0.05, 0) is 51.3 Å². The highest BCUT2D eigenvalue weighted by Gasteiger charge is 2.35. The average Bonchev–Trinajstić information content (AvgIpc) is 2.75. The molecule has 27 heavy (non-hydrogen) atoms. The lowest BCUT2D eigenvalue weighted by molar-refractivity contribution is 0.215. The Morgan fingerprint density at radius 2 is 1.67 bits per heavy atom. The van der Waals surface area contributed by atoms with Crippen molar-refractivity contribution in [1.82, 2.24) is 0 Å². The molecule has 1 aromatic rings. The van der Waals surface area contributed by atoms with Gasteiger partial charge in [0.2, 0.25) is 0 Å². The first-order valence-electron chi connectivity index (χ1n) is 10.7. The van der Waals surface area contributed by atoms with E-state index in [1.165, 1.54) is 47.7 Å². The summed E-state index contributed by atoms with van der Waals surface area (Å²) in [6, 6.07) is 8.88. The van der Waals surface area contributed by atoms with Crippen molar-refractivity contribution in [3.63, 3.8) is 0 Å². The van der Waals surface area contributed by atoms with Gasteiger partial charge in [0.1, 0.15) is 0 Å². The number of rotatable bonds is 4. The summed E-state index contributed by atoms with van der Waals surface area (Å²) in [6.07, 6.45) is 13.2. The smallest absolute Gasteiger partial charge is 0.0433 e. The summed E-state index contributed by atoms with van der Waals surface area (Å²) in [5, 5.41) is 0. The quantitative estimate of drug-likeness (QED) is 0.426. The van der Waals surface area contributed by atoms with Crippen molar-refractivity contribution in [1.29, 1.82) is 0 Å². The van der Waals surface area contributed by atoms with Crippen molar-refractivity contribution < 1.29 is 4.74 Å². The van der Waals surface area contributed by atoms with Gasteiger partial charge in [-0.1, -0.05) is 98.8 Å². The van der Waals surface area contributed by atoms with E-state index >= 15 is 0 Å². The van der Waals surface area contributed by atoms with Crippen molar-refractivity contribution in [2.45, 2.75) is 86.0 Å². The molecule has 2 rings (SSSR count). The van der Waals surface area contributed by atoms with Crippen LogP contribution in [-0.2, 0) is 10.2 Å². The number of halogens is 1. The molecule has 1 fully saturated rings. The third-order valence-electron chi connectivity index (χ3n) is 4.67. The van der Waals surface area contributed by atoms with Crippen molar-refractivity contribution in [2.24, 2.45) is 0 Å². The standard InChI is InChI=1S/C18H23Br.C3H8O.2C2H6/c1-3-4-9-15(2)18(12-6-5-7-13-18)16-10-8-11-17(19)14-16;1-3-4-2;2*1-2/h3-4,8-11,14H,5-7,12-13H2,1-2H3;3H2,1-2H3;2*1-2H3/b4-3-,15-9+;;;. The van der Waals surface area contributed by atoms with Gasteiger partial charge in [-0.15, -0.1) is 0 Å². The lowest BCUT2D eigenvalue weighted by Gasteiger charge is -2.39. The molecule has 1 nitrogen and oxygen atoms in total. The molecule has 156 valence electrons. The number of hydrogen-bond acceptors (Lipinski definition) is 1. The molecule has 1 aromatic carbocycles. The molecule has 0 heterocycles. The van der Waals surface area contributed by atoms with E-state index in [2.05, 4.69) is 77.0 Å². The zero-order chi connectivity index (χ0) is 21.1. The first kappa shape index (κ1) is 28.4. The SMILES string of the molecule is C/C=C\C=C(/C)C1(c2cccc(Br)c2)CCCCC1.CC.CC.CCOC. The highest BCUT2D eigenvalue weighted by Crippen LogP contribution is 2.45. The Morgan fingerprint density at radius 3 is 2.11 bits per heavy atom. The first-order valence-corrected chi connectivity index (χ1v) is 11.4. The molecule has 0 aliphatic heterocycles. The van der Waals surface area contributed by atoms with Crippen LogP contribution >= 0.6 is 15.9 Å². The molecule has 1 saturated carbocycles. The topological polar surface area (TPSA) is 9.23 Å². The van der Waals surface area contributed by atoms with Crippen molar-refractivity contribution in [3.05, 3.63) is 58.1 Å². The van der Waals surface area contributed by atoms with E-state index in [4.69, 9.17) is 0 Å². The fourth-order valence-electron chi connectivity index (χ4n) is 3.25. The normalized spacial score (nSPS) is 15.5. The van der Waals surface area contributed by atoms with E-state index in [1.54, 1.807) is 7.11 Å². The van der Waals surface area contributed by atoms with Crippen LogP contribution in [-0.4, -0.2) is 13.7 Å². The maximum absolute atomic E-state index is 4.54. The molecule has 0 saturated heterocycles. The molecular formula is C25H43BrO. The summed E-state index contributed by atoms with van der Waals surface area (Å²) in [6.45, 7) is 15.2. The molecule has 0 unspecified atom stereocenters. The van der Waals surface area contributed by atoms with E-state index in [0.717, 1.165) is 6.61 Å². The van der Waals surface area contributed by atoms with Gasteiger partial charge in [-0.2, -0.15) is 0 Å². The monoisotopic (exact) mass is 438 g/mol. The largest absolute Gasteiger partial charge is 0.385 e. The lowest BCUT2D eigenvalue weighted by atomic mass is 9.65. The Kier molecular flexibility index (Phi) is 19.4. The summed E-state index contributed by atoms with van der Waals surface area (Å²) in [4.78, 5) is 0. The summed E-state index contributed by atoms with van der Waals surface area (Å²) < 4.78 is 5.73. The number of ether oxygens (including phenoxy) is 1. The molecular weight excluding hydrogens is 396 g/mol.